The van der Waals surface area contributed by atoms with Crippen LogP contribution in [0.15, 0.2) is 0 Å². The minimum absolute atomic E-state index is 0.525. The minimum Gasteiger partial charge on any atom is -0.315 e. The van der Waals surface area contributed by atoms with Crippen molar-refractivity contribution in [3.8, 4) is 0 Å². The van der Waals surface area contributed by atoms with Gasteiger partial charge in [-0.25, -0.2) is 8.42 Å². The van der Waals surface area contributed by atoms with Crippen LogP contribution in [-0.2, 0) is 10.0 Å². The zero-order chi connectivity index (χ0) is 12.9. The Bertz CT molecular complexity index is 311. The van der Waals surface area contributed by atoms with E-state index >= 15 is 0 Å². The SMILES string of the molecule is CCNCC(CC)N1CCN(S(C)(=O)=O)CC1. The summed E-state index contributed by atoms with van der Waals surface area (Å²) in [6.07, 6.45) is 2.39. The van der Waals surface area contributed by atoms with Crippen molar-refractivity contribution in [1.29, 1.82) is 0 Å². The Kier molecular flexibility index (Phi) is 5.85. The molecule has 0 saturated carbocycles. The highest BCUT2D eigenvalue weighted by atomic mass is 32.2. The van der Waals surface area contributed by atoms with Crippen LogP contribution in [0.4, 0.5) is 0 Å². The van der Waals surface area contributed by atoms with Crippen LogP contribution in [0.5, 0.6) is 0 Å². The van der Waals surface area contributed by atoms with E-state index in [0.717, 1.165) is 32.6 Å². The number of likely N-dealkylation sites (N-methyl/N-ethyl adjacent to an activating group) is 1. The number of nitrogens with one attached hydrogen (secondary N) is 1. The summed E-state index contributed by atoms with van der Waals surface area (Å²) < 4.78 is 24.4. The molecule has 1 unspecified atom stereocenters. The van der Waals surface area contributed by atoms with Gasteiger partial charge in [-0.2, -0.15) is 4.31 Å². The van der Waals surface area contributed by atoms with E-state index < -0.39 is 10.0 Å². The Morgan fingerprint density at radius 1 is 1.18 bits per heavy atom. The third-order valence-corrected chi connectivity index (χ3v) is 4.66. The van der Waals surface area contributed by atoms with Crippen molar-refractivity contribution in [2.45, 2.75) is 26.3 Å². The Morgan fingerprint density at radius 2 is 1.76 bits per heavy atom. The maximum atomic E-state index is 11.4. The molecule has 0 aromatic heterocycles. The van der Waals surface area contributed by atoms with Crippen LogP contribution in [0.2, 0.25) is 0 Å². The van der Waals surface area contributed by atoms with Gasteiger partial charge in [0.1, 0.15) is 0 Å². The van der Waals surface area contributed by atoms with Crippen LogP contribution < -0.4 is 5.32 Å². The third-order valence-electron chi connectivity index (χ3n) is 3.36. The fourth-order valence-corrected chi connectivity index (χ4v) is 3.07. The van der Waals surface area contributed by atoms with Crippen LogP contribution in [-0.4, -0.2) is 69.2 Å². The molecule has 0 amide bonds. The number of rotatable bonds is 6. The van der Waals surface area contributed by atoms with Crippen molar-refractivity contribution in [3.05, 3.63) is 0 Å². The maximum Gasteiger partial charge on any atom is 0.211 e. The molecule has 1 aliphatic rings. The first-order valence-corrected chi connectivity index (χ1v) is 8.23. The first-order valence-electron chi connectivity index (χ1n) is 6.39. The predicted octanol–water partition coefficient (Wildman–Crippen LogP) is -0.0483. The van der Waals surface area contributed by atoms with Crippen LogP contribution in [0.3, 0.4) is 0 Å². The van der Waals surface area contributed by atoms with Crippen molar-refractivity contribution in [1.82, 2.24) is 14.5 Å². The lowest BCUT2D eigenvalue weighted by molar-refractivity contribution is 0.132. The molecule has 5 nitrogen and oxygen atoms in total. The molecule has 0 radical (unpaired) electrons. The summed E-state index contributed by atoms with van der Waals surface area (Å²) >= 11 is 0. The molecule has 0 bridgehead atoms. The molecule has 1 atom stereocenters. The highest BCUT2D eigenvalue weighted by Crippen LogP contribution is 2.10. The Hall–Kier alpha value is -0.170. The monoisotopic (exact) mass is 263 g/mol. The van der Waals surface area contributed by atoms with Gasteiger partial charge in [-0.3, -0.25) is 4.90 Å². The first kappa shape index (κ1) is 14.9. The summed E-state index contributed by atoms with van der Waals surface area (Å²) in [7, 11) is -3.01. The average Bonchev–Trinajstić information content (AvgIpc) is 2.29. The molecule has 17 heavy (non-hydrogen) atoms. The number of nitrogens with zero attached hydrogens (tertiary/aromatic N) is 2. The lowest BCUT2D eigenvalue weighted by atomic mass is 10.1. The van der Waals surface area contributed by atoms with Gasteiger partial charge >= 0.3 is 0 Å². The van der Waals surface area contributed by atoms with Crippen molar-refractivity contribution in [3.63, 3.8) is 0 Å². The van der Waals surface area contributed by atoms with Crippen LogP contribution in [0.1, 0.15) is 20.3 Å². The van der Waals surface area contributed by atoms with Gasteiger partial charge in [0.15, 0.2) is 0 Å². The molecule has 1 N–H and O–H groups in total. The smallest absolute Gasteiger partial charge is 0.211 e. The van der Waals surface area contributed by atoms with Gasteiger partial charge in [0.05, 0.1) is 6.26 Å². The summed E-state index contributed by atoms with van der Waals surface area (Å²) in [6, 6.07) is 0.525. The van der Waals surface area contributed by atoms with Gasteiger partial charge in [-0.15, -0.1) is 0 Å². The molecule has 1 aliphatic heterocycles. The zero-order valence-corrected chi connectivity index (χ0v) is 12.0. The Morgan fingerprint density at radius 3 is 2.18 bits per heavy atom. The number of piperazine rings is 1. The topological polar surface area (TPSA) is 52.6 Å². The van der Waals surface area contributed by atoms with Crippen molar-refractivity contribution < 1.29 is 8.42 Å². The van der Waals surface area contributed by atoms with Gasteiger partial charge in [-0.05, 0) is 13.0 Å². The van der Waals surface area contributed by atoms with E-state index in [1.165, 1.54) is 6.26 Å². The van der Waals surface area contributed by atoms with Crippen LogP contribution in [0, 0.1) is 0 Å². The van der Waals surface area contributed by atoms with Gasteiger partial charge in [0.2, 0.25) is 10.0 Å². The Labute approximate surface area is 105 Å². The zero-order valence-electron chi connectivity index (χ0n) is 11.1. The highest BCUT2D eigenvalue weighted by Gasteiger charge is 2.26. The standard InChI is InChI=1S/C11H25N3O2S/c1-4-11(10-12-5-2)13-6-8-14(9-7-13)17(3,15)16/h11-12H,4-10H2,1-3H3. The second kappa shape index (κ2) is 6.68. The number of sulfonamides is 1. The molecule has 1 heterocycles. The Balaban J connectivity index is 2.44. The second-order valence-electron chi connectivity index (χ2n) is 4.57. The van der Waals surface area contributed by atoms with E-state index in [1.54, 1.807) is 4.31 Å². The molecule has 1 rings (SSSR count). The van der Waals surface area contributed by atoms with Gasteiger partial charge in [0, 0.05) is 38.8 Å². The third kappa shape index (κ3) is 4.54. The number of hydrogen-bond donors (Lipinski definition) is 1. The molecule has 0 spiro atoms. The summed E-state index contributed by atoms with van der Waals surface area (Å²) in [5.41, 5.74) is 0. The van der Waals surface area contributed by atoms with Gasteiger partial charge in [-0.1, -0.05) is 13.8 Å². The molecule has 0 aromatic carbocycles. The van der Waals surface area contributed by atoms with E-state index in [1.807, 2.05) is 0 Å². The van der Waals surface area contributed by atoms with Crippen molar-refractivity contribution in [2.75, 3.05) is 45.5 Å². The summed E-state index contributed by atoms with van der Waals surface area (Å²) in [6.45, 7) is 9.21. The van der Waals surface area contributed by atoms with E-state index in [-0.39, 0.29) is 0 Å². The van der Waals surface area contributed by atoms with E-state index in [4.69, 9.17) is 0 Å². The normalized spacial score (nSPS) is 21.6. The fraction of sp³-hybridized carbons (Fsp3) is 1.00. The number of hydrogen-bond acceptors (Lipinski definition) is 4. The highest BCUT2D eigenvalue weighted by molar-refractivity contribution is 7.88. The summed E-state index contributed by atoms with van der Waals surface area (Å²) in [5, 5.41) is 3.36. The van der Waals surface area contributed by atoms with Crippen LogP contribution in [0.25, 0.3) is 0 Å². The molecule has 0 aliphatic carbocycles. The van der Waals surface area contributed by atoms with E-state index in [9.17, 15) is 8.42 Å². The molecule has 1 fully saturated rings. The van der Waals surface area contributed by atoms with Crippen molar-refractivity contribution in [2.24, 2.45) is 0 Å². The minimum atomic E-state index is -3.01. The molecule has 102 valence electrons. The van der Waals surface area contributed by atoms with E-state index in [0.29, 0.717) is 19.1 Å². The summed E-state index contributed by atoms with van der Waals surface area (Å²) in [4.78, 5) is 2.39. The molecule has 1 saturated heterocycles. The largest absolute Gasteiger partial charge is 0.315 e. The molecule has 0 aromatic rings. The lowest BCUT2D eigenvalue weighted by Gasteiger charge is -2.38. The molecular formula is C11H25N3O2S. The molecular weight excluding hydrogens is 238 g/mol. The second-order valence-corrected chi connectivity index (χ2v) is 6.55. The fourth-order valence-electron chi connectivity index (χ4n) is 2.24. The quantitative estimate of drug-likeness (QED) is 0.730. The van der Waals surface area contributed by atoms with E-state index in [2.05, 4.69) is 24.1 Å². The van der Waals surface area contributed by atoms with Crippen molar-refractivity contribution >= 4 is 10.0 Å². The first-order chi connectivity index (χ1) is 7.99. The van der Waals surface area contributed by atoms with Crippen LogP contribution >= 0.6 is 0 Å². The molecule has 6 heteroatoms. The predicted molar refractivity (Wildman–Crippen MR) is 70.6 cm³/mol. The van der Waals surface area contributed by atoms with Gasteiger partial charge in [0.25, 0.3) is 0 Å². The van der Waals surface area contributed by atoms with Gasteiger partial charge < -0.3 is 5.32 Å². The maximum absolute atomic E-state index is 11.4. The lowest BCUT2D eigenvalue weighted by Crippen LogP contribution is -2.53. The summed E-state index contributed by atoms with van der Waals surface area (Å²) in [5.74, 6) is 0. The average molecular weight is 263 g/mol.